The van der Waals surface area contributed by atoms with Crippen LogP contribution >= 0.6 is 0 Å². The molecule has 2 rings (SSSR count). The summed E-state index contributed by atoms with van der Waals surface area (Å²) in [4.78, 5) is -0.0189. The third kappa shape index (κ3) is 3.69. The highest BCUT2D eigenvalue weighted by Crippen LogP contribution is 2.29. The first-order chi connectivity index (χ1) is 8.86. The summed E-state index contributed by atoms with van der Waals surface area (Å²) in [5, 5.41) is 0. The predicted octanol–water partition coefficient (Wildman–Crippen LogP) is 3.19. The Labute approximate surface area is 113 Å². The molecule has 0 bridgehead atoms. The zero-order chi connectivity index (χ0) is 14.0. The van der Waals surface area contributed by atoms with Gasteiger partial charge in [0.1, 0.15) is 0 Å². The number of benzene rings is 1. The van der Waals surface area contributed by atoms with Crippen molar-refractivity contribution in [3.05, 3.63) is 24.0 Å². The van der Waals surface area contributed by atoms with Crippen LogP contribution in [0.3, 0.4) is 0 Å². The smallest absolute Gasteiger partial charge is 0.175 e. The molecule has 0 amide bonds. The van der Waals surface area contributed by atoms with Crippen molar-refractivity contribution in [1.82, 2.24) is 0 Å². The summed E-state index contributed by atoms with van der Waals surface area (Å²) >= 11 is 0. The standard InChI is InChI=1S/C14H19FO3S/c1-10-3-5-11(6-4-10)18-14-8-7-12(9-13(14)15)19(2,16)17/h7-11H,3-6H2,1-2H3. The van der Waals surface area contributed by atoms with Crippen LogP contribution in [0.5, 0.6) is 5.75 Å². The van der Waals surface area contributed by atoms with Crippen molar-refractivity contribution in [2.75, 3.05) is 6.26 Å². The molecule has 0 heterocycles. The van der Waals surface area contributed by atoms with Gasteiger partial charge >= 0.3 is 0 Å². The highest BCUT2D eigenvalue weighted by molar-refractivity contribution is 7.90. The van der Waals surface area contributed by atoms with E-state index in [1.807, 2.05) is 0 Å². The first-order valence-corrected chi connectivity index (χ1v) is 8.41. The van der Waals surface area contributed by atoms with Gasteiger partial charge in [0.15, 0.2) is 21.4 Å². The van der Waals surface area contributed by atoms with Crippen molar-refractivity contribution in [2.45, 2.75) is 43.6 Å². The van der Waals surface area contributed by atoms with Crippen LogP contribution in [0.2, 0.25) is 0 Å². The van der Waals surface area contributed by atoms with Gasteiger partial charge in [0, 0.05) is 6.26 Å². The molecule has 0 atom stereocenters. The molecule has 0 saturated heterocycles. The van der Waals surface area contributed by atoms with E-state index in [1.54, 1.807) is 0 Å². The number of ether oxygens (including phenoxy) is 1. The summed E-state index contributed by atoms with van der Waals surface area (Å²) < 4.78 is 42.1. The van der Waals surface area contributed by atoms with Crippen LogP contribution in [0, 0.1) is 11.7 Å². The molecule has 19 heavy (non-hydrogen) atoms. The second-order valence-electron chi connectivity index (χ2n) is 5.36. The lowest BCUT2D eigenvalue weighted by Gasteiger charge is -2.27. The Balaban J connectivity index is 2.09. The highest BCUT2D eigenvalue weighted by Gasteiger charge is 2.21. The van der Waals surface area contributed by atoms with Crippen molar-refractivity contribution in [1.29, 1.82) is 0 Å². The molecular weight excluding hydrogens is 267 g/mol. The van der Waals surface area contributed by atoms with Crippen molar-refractivity contribution in [2.24, 2.45) is 5.92 Å². The first kappa shape index (κ1) is 14.3. The predicted molar refractivity (Wildman–Crippen MR) is 71.6 cm³/mol. The van der Waals surface area contributed by atoms with Gasteiger partial charge in [0.05, 0.1) is 11.0 Å². The average molecular weight is 286 g/mol. The second-order valence-corrected chi connectivity index (χ2v) is 7.38. The number of hydrogen-bond acceptors (Lipinski definition) is 3. The minimum Gasteiger partial charge on any atom is -0.487 e. The lowest BCUT2D eigenvalue weighted by molar-refractivity contribution is 0.130. The Morgan fingerprint density at radius 3 is 2.37 bits per heavy atom. The van der Waals surface area contributed by atoms with Crippen LogP contribution in [0.1, 0.15) is 32.6 Å². The molecule has 106 valence electrons. The Kier molecular flexibility index (Phi) is 4.13. The number of sulfone groups is 1. The van der Waals surface area contributed by atoms with Gasteiger partial charge < -0.3 is 4.74 Å². The molecular formula is C14H19FO3S. The largest absolute Gasteiger partial charge is 0.487 e. The normalized spacial score (nSPS) is 24.2. The SMILES string of the molecule is CC1CCC(Oc2ccc(S(C)(=O)=O)cc2F)CC1. The third-order valence-corrected chi connectivity index (χ3v) is 4.70. The van der Waals surface area contributed by atoms with Gasteiger partial charge in [-0.05, 0) is 49.8 Å². The fourth-order valence-electron chi connectivity index (χ4n) is 2.33. The van der Waals surface area contributed by atoms with Crippen LogP contribution in [-0.2, 0) is 9.84 Å². The van der Waals surface area contributed by atoms with Gasteiger partial charge in [-0.25, -0.2) is 12.8 Å². The van der Waals surface area contributed by atoms with Crippen molar-refractivity contribution < 1.29 is 17.5 Å². The van der Waals surface area contributed by atoms with Crippen molar-refractivity contribution >= 4 is 9.84 Å². The maximum absolute atomic E-state index is 13.8. The van der Waals surface area contributed by atoms with Crippen LogP contribution in [0.25, 0.3) is 0 Å². The maximum Gasteiger partial charge on any atom is 0.175 e. The Bertz CT molecular complexity index is 546. The summed E-state index contributed by atoms with van der Waals surface area (Å²) in [5.74, 6) is 0.241. The van der Waals surface area contributed by atoms with E-state index in [4.69, 9.17) is 4.74 Å². The quantitative estimate of drug-likeness (QED) is 0.857. The van der Waals surface area contributed by atoms with Crippen molar-refractivity contribution in [3.63, 3.8) is 0 Å². The van der Waals surface area contributed by atoms with E-state index in [1.165, 1.54) is 12.1 Å². The van der Waals surface area contributed by atoms with E-state index in [0.717, 1.165) is 38.0 Å². The molecule has 5 heteroatoms. The number of halogens is 1. The topological polar surface area (TPSA) is 43.4 Å². The van der Waals surface area contributed by atoms with Gasteiger partial charge in [-0.2, -0.15) is 0 Å². The molecule has 1 aromatic carbocycles. The zero-order valence-electron chi connectivity index (χ0n) is 11.2. The minimum absolute atomic E-state index is 0.0189. The summed E-state index contributed by atoms with van der Waals surface area (Å²) in [6, 6.07) is 3.82. The summed E-state index contributed by atoms with van der Waals surface area (Å²) in [6.07, 6.45) is 5.13. The first-order valence-electron chi connectivity index (χ1n) is 6.52. The molecule has 0 aliphatic heterocycles. The Morgan fingerprint density at radius 2 is 1.84 bits per heavy atom. The molecule has 3 nitrogen and oxygen atoms in total. The molecule has 0 spiro atoms. The van der Waals surface area contributed by atoms with Gasteiger partial charge in [0.2, 0.25) is 0 Å². The molecule has 0 radical (unpaired) electrons. The van der Waals surface area contributed by atoms with E-state index in [2.05, 4.69) is 6.92 Å². The van der Waals surface area contributed by atoms with Crippen LogP contribution in [-0.4, -0.2) is 20.8 Å². The van der Waals surface area contributed by atoms with E-state index in [-0.39, 0.29) is 16.7 Å². The molecule has 0 N–H and O–H groups in total. The summed E-state index contributed by atoms with van der Waals surface area (Å²) in [7, 11) is -3.38. The zero-order valence-corrected chi connectivity index (χ0v) is 12.0. The lowest BCUT2D eigenvalue weighted by Crippen LogP contribution is -2.23. The number of rotatable bonds is 3. The van der Waals surface area contributed by atoms with Crippen LogP contribution < -0.4 is 4.74 Å². The fourth-order valence-corrected chi connectivity index (χ4v) is 2.97. The van der Waals surface area contributed by atoms with E-state index < -0.39 is 15.7 Å². The second kappa shape index (κ2) is 5.49. The van der Waals surface area contributed by atoms with Gasteiger partial charge in [-0.3, -0.25) is 0 Å². The summed E-state index contributed by atoms with van der Waals surface area (Å²) in [6.45, 7) is 2.21. The molecule has 1 aliphatic carbocycles. The Morgan fingerprint density at radius 1 is 1.21 bits per heavy atom. The van der Waals surface area contributed by atoms with Gasteiger partial charge in [-0.1, -0.05) is 6.92 Å². The molecule has 1 aliphatic rings. The molecule has 0 unspecified atom stereocenters. The molecule has 1 fully saturated rings. The van der Waals surface area contributed by atoms with Gasteiger partial charge in [-0.15, -0.1) is 0 Å². The van der Waals surface area contributed by atoms with Gasteiger partial charge in [0.25, 0.3) is 0 Å². The van der Waals surface area contributed by atoms with Crippen LogP contribution in [0.4, 0.5) is 4.39 Å². The summed E-state index contributed by atoms with van der Waals surface area (Å²) in [5.41, 5.74) is 0. The molecule has 1 aromatic rings. The highest BCUT2D eigenvalue weighted by atomic mass is 32.2. The lowest BCUT2D eigenvalue weighted by atomic mass is 9.89. The average Bonchev–Trinajstić information content (AvgIpc) is 2.33. The van der Waals surface area contributed by atoms with Crippen LogP contribution in [0.15, 0.2) is 23.1 Å². The Hall–Kier alpha value is -1.10. The fraction of sp³-hybridized carbons (Fsp3) is 0.571. The third-order valence-electron chi connectivity index (χ3n) is 3.59. The van der Waals surface area contributed by atoms with Crippen molar-refractivity contribution in [3.8, 4) is 5.75 Å². The molecule has 0 aromatic heterocycles. The molecule has 1 saturated carbocycles. The minimum atomic E-state index is -3.38. The van der Waals surface area contributed by atoms with E-state index in [0.29, 0.717) is 5.92 Å². The van der Waals surface area contributed by atoms with E-state index in [9.17, 15) is 12.8 Å². The number of hydrogen-bond donors (Lipinski definition) is 0. The van der Waals surface area contributed by atoms with E-state index >= 15 is 0 Å². The monoisotopic (exact) mass is 286 g/mol. The maximum atomic E-state index is 13.8.